The number of nitrogens with zero attached hydrogens (tertiary/aromatic N) is 1. The Kier molecular flexibility index (Phi) is 7.37. The third-order valence-corrected chi connectivity index (χ3v) is 6.59. The molecule has 1 N–H and O–H groups in total. The second-order valence-corrected chi connectivity index (χ2v) is 8.99. The van der Waals surface area contributed by atoms with E-state index >= 15 is 0 Å². The third-order valence-electron chi connectivity index (χ3n) is 5.86. The second kappa shape index (κ2) is 10.6. The molecule has 1 aliphatic rings. The molecule has 168 valence electrons. The molecule has 7 heteroatoms. The predicted molar refractivity (Wildman–Crippen MR) is 121 cm³/mol. The number of nitrogens with one attached hydrogen (secondary N) is 1. The summed E-state index contributed by atoms with van der Waals surface area (Å²) in [6.07, 6.45) is 6.94. The largest absolute Gasteiger partial charge is 0.467 e. The second-order valence-electron chi connectivity index (χ2n) is 8.21. The lowest BCUT2D eigenvalue weighted by Gasteiger charge is -2.33. The van der Waals surface area contributed by atoms with E-state index in [-0.39, 0.29) is 36.6 Å². The Morgan fingerprint density at radius 2 is 1.91 bits per heavy atom. The number of furan rings is 1. The Bertz CT molecular complexity index is 997. The van der Waals surface area contributed by atoms with Gasteiger partial charge in [0.25, 0.3) is 0 Å². The van der Waals surface area contributed by atoms with Gasteiger partial charge in [0, 0.05) is 6.04 Å². The zero-order valence-corrected chi connectivity index (χ0v) is 18.7. The lowest BCUT2D eigenvalue weighted by molar-refractivity contribution is -0.141. The van der Waals surface area contributed by atoms with E-state index in [0.29, 0.717) is 11.3 Å². The fourth-order valence-electron chi connectivity index (χ4n) is 4.21. The highest BCUT2D eigenvalue weighted by molar-refractivity contribution is 7.08. The van der Waals surface area contributed by atoms with Gasteiger partial charge in [0.1, 0.15) is 17.6 Å². The fraction of sp³-hybridized carbons (Fsp3) is 0.360. The molecule has 4 rings (SSSR count). The average molecular weight is 455 g/mol. The number of rotatable bonds is 8. The number of hydrogen-bond acceptors (Lipinski definition) is 4. The zero-order valence-electron chi connectivity index (χ0n) is 17.8. The van der Waals surface area contributed by atoms with Crippen molar-refractivity contribution in [2.75, 3.05) is 0 Å². The van der Waals surface area contributed by atoms with Crippen LogP contribution in [-0.2, 0) is 22.6 Å². The van der Waals surface area contributed by atoms with Crippen LogP contribution < -0.4 is 5.32 Å². The summed E-state index contributed by atoms with van der Waals surface area (Å²) >= 11 is 1.52. The predicted octanol–water partition coefficient (Wildman–Crippen LogP) is 5.24. The first-order valence-electron chi connectivity index (χ1n) is 11.0. The Balaban J connectivity index is 1.66. The molecule has 32 heavy (non-hydrogen) atoms. The lowest BCUT2D eigenvalue weighted by Crippen LogP contribution is -2.47. The molecule has 2 heterocycles. The molecule has 0 saturated heterocycles. The summed E-state index contributed by atoms with van der Waals surface area (Å²) in [5.74, 6) is -0.231. The zero-order chi connectivity index (χ0) is 22.3. The highest BCUT2D eigenvalue weighted by Crippen LogP contribution is 2.27. The minimum atomic E-state index is -0.881. The van der Waals surface area contributed by atoms with E-state index in [0.717, 1.165) is 31.2 Å². The van der Waals surface area contributed by atoms with Crippen molar-refractivity contribution in [2.45, 2.75) is 57.2 Å². The molecule has 0 spiro atoms. The van der Waals surface area contributed by atoms with Crippen LogP contribution in [0.5, 0.6) is 0 Å². The molecule has 3 aromatic rings. The van der Waals surface area contributed by atoms with Crippen LogP contribution in [-0.4, -0.2) is 22.8 Å². The average Bonchev–Trinajstić information content (AvgIpc) is 3.49. The van der Waals surface area contributed by atoms with Gasteiger partial charge in [-0.2, -0.15) is 11.3 Å². The van der Waals surface area contributed by atoms with Crippen molar-refractivity contribution in [3.8, 4) is 0 Å². The molecule has 1 aliphatic carbocycles. The molecular formula is C25H27FN2O3S. The van der Waals surface area contributed by atoms with Gasteiger partial charge in [0.2, 0.25) is 11.8 Å². The summed E-state index contributed by atoms with van der Waals surface area (Å²) in [4.78, 5) is 28.5. The Hall–Kier alpha value is -2.93. The van der Waals surface area contributed by atoms with Crippen LogP contribution in [0.1, 0.15) is 55.0 Å². The van der Waals surface area contributed by atoms with Crippen LogP contribution in [0.4, 0.5) is 4.39 Å². The Labute approximate surface area is 191 Å². The number of amides is 2. The van der Waals surface area contributed by atoms with Crippen molar-refractivity contribution >= 4 is 23.2 Å². The van der Waals surface area contributed by atoms with Crippen molar-refractivity contribution < 1.29 is 18.4 Å². The third kappa shape index (κ3) is 5.65. The van der Waals surface area contributed by atoms with Crippen molar-refractivity contribution in [2.24, 2.45) is 0 Å². The van der Waals surface area contributed by atoms with E-state index in [1.54, 1.807) is 35.4 Å². The van der Waals surface area contributed by atoms with Crippen LogP contribution in [0.25, 0.3) is 0 Å². The highest BCUT2D eigenvalue weighted by atomic mass is 32.1. The summed E-state index contributed by atoms with van der Waals surface area (Å²) in [6, 6.07) is 10.5. The van der Waals surface area contributed by atoms with Crippen molar-refractivity contribution in [3.05, 3.63) is 82.2 Å². The maximum Gasteiger partial charge on any atom is 0.247 e. The Morgan fingerprint density at radius 3 is 2.56 bits per heavy atom. The van der Waals surface area contributed by atoms with E-state index in [2.05, 4.69) is 5.32 Å². The topological polar surface area (TPSA) is 62.6 Å². The number of hydrogen-bond donors (Lipinski definition) is 1. The number of halogens is 1. The number of thiophene rings is 1. The standard InChI is InChI=1S/C25H27FN2O3S/c26-20-10-8-19(9-11-20)24(25(30)27-21-5-2-1-3-6-21)28(16-22-7-4-13-31-22)23(29)15-18-12-14-32-17-18/h4,7-14,17,21,24H,1-3,5-6,15-16H2,(H,27,30). The number of carbonyl (C=O) groups is 2. The van der Waals surface area contributed by atoms with Crippen molar-refractivity contribution in [3.63, 3.8) is 0 Å². The lowest BCUT2D eigenvalue weighted by atomic mass is 9.94. The van der Waals surface area contributed by atoms with Gasteiger partial charge in [-0.1, -0.05) is 31.4 Å². The van der Waals surface area contributed by atoms with Gasteiger partial charge in [-0.25, -0.2) is 4.39 Å². The summed E-state index contributed by atoms with van der Waals surface area (Å²) in [5.41, 5.74) is 1.47. The van der Waals surface area contributed by atoms with Crippen molar-refractivity contribution in [1.82, 2.24) is 10.2 Å². The molecule has 5 nitrogen and oxygen atoms in total. The first kappa shape index (κ1) is 22.3. The van der Waals surface area contributed by atoms with Gasteiger partial charge in [-0.3, -0.25) is 9.59 Å². The van der Waals surface area contributed by atoms with Crippen LogP contribution in [0, 0.1) is 5.82 Å². The van der Waals surface area contributed by atoms with Gasteiger partial charge < -0.3 is 14.6 Å². The van der Waals surface area contributed by atoms with Gasteiger partial charge >= 0.3 is 0 Å². The molecule has 0 bridgehead atoms. The monoisotopic (exact) mass is 454 g/mol. The van der Waals surface area contributed by atoms with Gasteiger partial charge in [0.15, 0.2) is 0 Å². The van der Waals surface area contributed by atoms with E-state index < -0.39 is 6.04 Å². The quantitative estimate of drug-likeness (QED) is 0.506. The van der Waals surface area contributed by atoms with E-state index in [4.69, 9.17) is 4.42 Å². The van der Waals surface area contributed by atoms with Gasteiger partial charge in [0.05, 0.1) is 19.2 Å². The molecule has 2 amide bonds. The Morgan fingerprint density at radius 1 is 1.12 bits per heavy atom. The molecule has 1 fully saturated rings. The summed E-state index contributed by atoms with van der Waals surface area (Å²) in [6.45, 7) is 0.149. The maximum absolute atomic E-state index is 13.6. The number of benzene rings is 1. The minimum absolute atomic E-state index is 0.0941. The molecule has 0 radical (unpaired) electrons. The van der Waals surface area contributed by atoms with Gasteiger partial charge in [-0.05, 0) is 65.1 Å². The first-order valence-corrected chi connectivity index (χ1v) is 11.9. The summed E-state index contributed by atoms with van der Waals surface area (Å²) in [7, 11) is 0. The first-order chi connectivity index (χ1) is 15.6. The molecule has 0 aliphatic heterocycles. The summed E-state index contributed by atoms with van der Waals surface area (Å²) in [5, 5.41) is 7.00. The molecule has 1 aromatic carbocycles. The van der Waals surface area contributed by atoms with Crippen LogP contribution in [0.15, 0.2) is 63.9 Å². The minimum Gasteiger partial charge on any atom is -0.467 e. The molecule has 1 saturated carbocycles. The molecular weight excluding hydrogens is 427 g/mol. The van der Waals surface area contributed by atoms with Crippen molar-refractivity contribution in [1.29, 1.82) is 0 Å². The summed E-state index contributed by atoms with van der Waals surface area (Å²) < 4.78 is 19.1. The molecule has 1 unspecified atom stereocenters. The van der Waals surface area contributed by atoms with Crippen LogP contribution >= 0.6 is 11.3 Å². The molecule has 2 aromatic heterocycles. The van der Waals surface area contributed by atoms with E-state index in [1.165, 1.54) is 29.9 Å². The van der Waals surface area contributed by atoms with E-state index in [9.17, 15) is 14.0 Å². The number of carbonyl (C=O) groups excluding carboxylic acids is 2. The van der Waals surface area contributed by atoms with Crippen LogP contribution in [0.2, 0.25) is 0 Å². The highest BCUT2D eigenvalue weighted by Gasteiger charge is 2.33. The SMILES string of the molecule is O=C(NC1CCCCC1)C(c1ccc(F)cc1)N(Cc1ccco1)C(=O)Cc1ccsc1. The normalized spacial score (nSPS) is 15.3. The van der Waals surface area contributed by atoms with Crippen LogP contribution in [0.3, 0.4) is 0 Å². The van der Waals surface area contributed by atoms with Gasteiger partial charge in [-0.15, -0.1) is 0 Å². The molecule has 1 atom stereocenters. The maximum atomic E-state index is 13.6. The smallest absolute Gasteiger partial charge is 0.247 e. The van der Waals surface area contributed by atoms with E-state index in [1.807, 2.05) is 16.8 Å². The fourth-order valence-corrected chi connectivity index (χ4v) is 4.88.